The van der Waals surface area contributed by atoms with Gasteiger partial charge in [-0.2, -0.15) is 0 Å². The van der Waals surface area contributed by atoms with Crippen LogP contribution in [-0.2, 0) is 16.1 Å². The summed E-state index contributed by atoms with van der Waals surface area (Å²) in [7, 11) is 0. The molecule has 0 N–H and O–H groups in total. The molecule has 1 fully saturated rings. The second kappa shape index (κ2) is 8.53. The van der Waals surface area contributed by atoms with Gasteiger partial charge in [0, 0.05) is 11.0 Å². The van der Waals surface area contributed by atoms with Crippen LogP contribution < -0.4 is 9.47 Å². The molecule has 4 amide bonds. The second-order valence-corrected chi connectivity index (χ2v) is 7.09. The molecule has 1 saturated heterocycles. The van der Waals surface area contributed by atoms with Crippen LogP contribution >= 0.6 is 15.9 Å². The molecule has 0 bridgehead atoms. The number of hydrogen-bond acceptors (Lipinski definition) is 5. The van der Waals surface area contributed by atoms with E-state index in [1.54, 1.807) is 12.1 Å². The highest BCUT2D eigenvalue weighted by Crippen LogP contribution is 2.35. The molecular weight excluding hydrogens is 404 g/mol. The van der Waals surface area contributed by atoms with Crippen LogP contribution in [0.15, 0.2) is 16.6 Å². The topological polar surface area (TPSA) is 76.2 Å². The van der Waals surface area contributed by atoms with Gasteiger partial charge in [0.15, 0.2) is 11.5 Å². The van der Waals surface area contributed by atoms with E-state index in [-0.39, 0.29) is 19.0 Å². The zero-order valence-corrected chi connectivity index (χ0v) is 17.0. The highest BCUT2D eigenvalue weighted by molar-refractivity contribution is 9.10. The number of benzene rings is 1. The van der Waals surface area contributed by atoms with E-state index in [9.17, 15) is 14.4 Å². The third-order valence-corrected chi connectivity index (χ3v) is 4.46. The van der Waals surface area contributed by atoms with Crippen molar-refractivity contribution in [2.75, 3.05) is 19.8 Å². The van der Waals surface area contributed by atoms with Gasteiger partial charge in [-0.05, 0) is 37.5 Å². The van der Waals surface area contributed by atoms with Gasteiger partial charge < -0.3 is 9.47 Å². The maximum Gasteiger partial charge on any atom is 0.334 e. The summed E-state index contributed by atoms with van der Waals surface area (Å²) < 4.78 is 11.8. The molecule has 7 nitrogen and oxygen atoms in total. The molecule has 1 aliphatic heterocycles. The number of rotatable bonds is 8. The lowest BCUT2D eigenvalue weighted by Gasteiger charge is -2.19. The first-order valence-electron chi connectivity index (χ1n) is 8.55. The fourth-order valence-electron chi connectivity index (χ4n) is 2.62. The van der Waals surface area contributed by atoms with E-state index >= 15 is 0 Å². The van der Waals surface area contributed by atoms with Crippen molar-refractivity contribution in [1.29, 1.82) is 0 Å². The van der Waals surface area contributed by atoms with Crippen molar-refractivity contribution in [3.8, 4) is 11.5 Å². The summed E-state index contributed by atoms with van der Waals surface area (Å²) in [6, 6.07) is 2.87. The number of carbonyl (C=O) groups is 3. The number of urea groups is 1. The minimum absolute atomic E-state index is 0.0228. The Kier molecular flexibility index (Phi) is 6.63. The number of hydrogen-bond donors (Lipinski definition) is 0. The van der Waals surface area contributed by atoms with Crippen LogP contribution in [0.5, 0.6) is 11.5 Å². The highest BCUT2D eigenvalue weighted by Gasteiger charge is 2.44. The SMILES string of the molecule is CCOc1cc(Br)c(CN2C(=O)C(=O)N(CC(C)C)C2=O)cc1OCC. The molecule has 0 radical (unpaired) electrons. The Balaban J connectivity index is 2.29. The number of ether oxygens (including phenoxy) is 2. The first-order valence-corrected chi connectivity index (χ1v) is 9.34. The van der Waals surface area contributed by atoms with E-state index in [0.717, 1.165) is 9.80 Å². The van der Waals surface area contributed by atoms with E-state index in [1.165, 1.54) is 0 Å². The van der Waals surface area contributed by atoms with Gasteiger partial charge in [0.05, 0.1) is 19.8 Å². The predicted molar refractivity (Wildman–Crippen MR) is 99.0 cm³/mol. The molecule has 0 spiro atoms. The normalized spacial score (nSPS) is 14.6. The van der Waals surface area contributed by atoms with Crippen molar-refractivity contribution in [3.05, 3.63) is 22.2 Å². The lowest BCUT2D eigenvalue weighted by molar-refractivity contribution is -0.143. The summed E-state index contributed by atoms with van der Waals surface area (Å²) in [6.45, 7) is 8.61. The molecule has 2 rings (SSSR count). The van der Waals surface area contributed by atoms with Gasteiger partial charge in [-0.25, -0.2) is 4.79 Å². The van der Waals surface area contributed by atoms with Crippen LogP contribution in [0.3, 0.4) is 0 Å². The fourth-order valence-corrected chi connectivity index (χ4v) is 3.07. The molecule has 142 valence electrons. The number of imide groups is 2. The molecule has 1 heterocycles. The Labute approximate surface area is 161 Å². The summed E-state index contributed by atoms with van der Waals surface area (Å²) in [6.07, 6.45) is 0. The Morgan fingerprint density at radius 1 is 0.962 bits per heavy atom. The lowest BCUT2D eigenvalue weighted by Crippen LogP contribution is -2.35. The maximum atomic E-state index is 12.5. The molecule has 1 aromatic carbocycles. The van der Waals surface area contributed by atoms with Gasteiger partial charge >= 0.3 is 17.8 Å². The molecule has 0 aliphatic carbocycles. The Morgan fingerprint density at radius 3 is 2.04 bits per heavy atom. The van der Waals surface area contributed by atoms with E-state index in [0.29, 0.717) is 34.7 Å². The lowest BCUT2D eigenvalue weighted by atomic mass is 10.2. The molecule has 0 aromatic heterocycles. The van der Waals surface area contributed by atoms with Gasteiger partial charge in [-0.15, -0.1) is 0 Å². The molecule has 0 unspecified atom stereocenters. The van der Waals surface area contributed by atoms with Crippen LogP contribution in [0.1, 0.15) is 33.3 Å². The molecule has 0 atom stereocenters. The average molecular weight is 427 g/mol. The molecule has 26 heavy (non-hydrogen) atoms. The third kappa shape index (κ3) is 4.17. The van der Waals surface area contributed by atoms with Gasteiger partial charge in [0.2, 0.25) is 0 Å². The van der Waals surface area contributed by atoms with Crippen molar-refractivity contribution in [2.24, 2.45) is 5.92 Å². The van der Waals surface area contributed by atoms with Gasteiger partial charge in [-0.3, -0.25) is 19.4 Å². The molecule has 0 saturated carbocycles. The molecule has 1 aliphatic rings. The minimum Gasteiger partial charge on any atom is -0.490 e. The maximum absolute atomic E-state index is 12.5. The molecule has 1 aromatic rings. The fraction of sp³-hybridized carbons (Fsp3) is 0.500. The summed E-state index contributed by atoms with van der Waals surface area (Å²) >= 11 is 3.44. The predicted octanol–water partition coefficient (Wildman–Crippen LogP) is 3.19. The van der Waals surface area contributed by atoms with Crippen molar-refractivity contribution < 1.29 is 23.9 Å². The first kappa shape index (κ1) is 20.2. The quantitative estimate of drug-likeness (QED) is 0.471. The summed E-state index contributed by atoms with van der Waals surface area (Å²) in [5.41, 5.74) is 0.651. The van der Waals surface area contributed by atoms with Crippen molar-refractivity contribution >= 4 is 33.8 Å². The minimum atomic E-state index is -0.811. The zero-order chi connectivity index (χ0) is 19.4. The number of nitrogens with zero attached hydrogens (tertiary/aromatic N) is 2. The van der Waals surface area contributed by atoms with Gasteiger partial charge in [0.25, 0.3) is 0 Å². The first-order chi connectivity index (χ1) is 12.3. The van der Waals surface area contributed by atoms with Gasteiger partial charge in [0.1, 0.15) is 0 Å². The Morgan fingerprint density at radius 2 is 1.50 bits per heavy atom. The molecular formula is C18H23BrN2O5. The van der Waals surface area contributed by atoms with Crippen molar-refractivity contribution in [1.82, 2.24) is 9.80 Å². The Hall–Kier alpha value is -2.09. The van der Waals surface area contributed by atoms with Crippen LogP contribution in [-0.4, -0.2) is 47.4 Å². The zero-order valence-electron chi connectivity index (χ0n) is 15.4. The number of amides is 4. The van der Waals surface area contributed by atoms with Crippen molar-refractivity contribution in [3.63, 3.8) is 0 Å². The van der Waals surface area contributed by atoms with E-state index < -0.39 is 17.8 Å². The number of halogens is 1. The smallest absolute Gasteiger partial charge is 0.334 e. The summed E-state index contributed by atoms with van der Waals surface area (Å²) in [5, 5.41) is 0. The second-order valence-electron chi connectivity index (χ2n) is 6.24. The van der Waals surface area contributed by atoms with E-state index in [4.69, 9.17) is 9.47 Å². The average Bonchev–Trinajstić information content (AvgIpc) is 2.76. The van der Waals surface area contributed by atoms with E-state index in [1.807, 2.05) is 27.7 Å². The monoisotopic (exact) mass is 426 g/mol. The highest BCUT2D eigenvalue weighted by atomic mass is 79.9. The van der Waals surface area contributed by atoms with Crippen LogP contribution in [0.2, 0.25) is 0 Å². The van der Waals surface area contributed by atoms with Crippen LogP contribution in [0, 0.1) is 5.92 Å². The summed E-state index contributed by atoms with van der Waals surface area (Å²) in [4.78, 5) is 38.8. The summed E-state index contributed by atoms with van der Waals surface area (Å²) in [5.74, 6) is -0.416. The van der Waals surface area contributed by atoms with Gasteiger partial charge in [-0.1, -0.05) is 29.8 Å². The van der Waals surface area contributed by atoms with E-state index in [2.05, 4.69) is 15.9 Å². The van der Waals surface area contributed by atoms with Crippen molar-refractivity contribution in [2.45, 2.75) is 34.2 Å². The standard InChI is InChI=1S/C18H23BrN2O5/c1-5-25-14-7-12(13(19)8-15(14)26-6-2)10-21-17(23)16(22)20(18(21)24)9-11(3)4/h7-8,11H,5-6,9-10H2,1-4H3. The molecule has 8 heteroatoms. The third-order valence-electron chi connectivity index (χ3n) is 3.72. The largest absolute Gasteiger partial charge is 0.490 e. The van der Waals surface area contributed by atoms with Crippen LogP contribution in [0.4, 0.5) is 4.79 Å². The number of carbonyl (C=O) groups excluding carboxylic acids is 3. The Bertz CT molecular complexity index is 720. The van der Waals surface area contributed by atoms with Crippen LogP contribution in [0.25, 0.3) is 0 Å².